The smallest absolute Gasteiger partial charge is 0.191 e. The molecule has 7 nitrogen and oxygen atoms in total. The summed E-state index contributed by atoms with van der Waals surface area (Å²) >= 11 is 0. The van der Waals surface area contributed by atoms with E-state index in [1.807, 2.05) is 12.3 Å². The number of nitrogens with one attached hydrogen (secondary N) is 2. The van der Waals surface area contributed by atoms with Gasteiger partial charge in [0.05, 0.1) is 6.54 Å². The van der Waals surface area contributed by atoms with Gasteiger partial charge in [0, 0.05) is 59.2 Å². The number of anilines is 1. The molecule has 0 bridgehead atoms. The number of aromatic nitrogens is 1. The van der Waals surface area contributed by atoms with Crippen LogP contribution in [0.2, 0.25) is 0 Å². The zero-order valence-corrected chi connectivity index (χ0v) is 19.2. The largest absolute Gasteiger partial charge is 0.385 e. The number of ether oxygens (including phenoxy) is 1. The molecule has 1 aliphatic rings. The SMILES string of the molecule is CCNC(=NCc1ccnc(N2CCN(CC)CC2)c1)NCCCOC.I. The molecule has 0 atom stereocenters. The lowest BCUT2D eigenvalue weighted by Gasteiger charge is -2.34. The maximum Gasteiger partial charge on any atom is 0.191 e. The Labute approximate surface area is 181 Å². The fourth-order valence-electron chi connectivity index (χ4n) is 2.96. The highest BCUT2D eigenvalue weighted by Crippen LogP contribution is 2.15. The van der Waals surface area contributed by atoms with Gasteiger partial charge in [0.25, 0.3) is 0 Å². The first-order chi connectivity index (χ1) is 12.8. The summed E-state index contributed by atoms with van der Waals surface area (Å²) < 4.78 is 5.08. The van der Waals surface area contributed by atoms with Gasteiger partial charge in [-0.05, 0) is 37.6 Å². The summed E-state index contributed by atoms with van der Waals surface area (Å²) in [7, 11) is 1.72. The number of methoxy groups -OCH3 is 1. The number of pyridine rings is 1. The second kappa shape index (κ2) is 14.0. The van der Waals surface area contributed by atoms with Crippen LogP contribution < -0.4 is 15.5 Å². The minimum absolute atomic E-state index is 0. The van der Waals surface area contributed by atoms with Gasteiger partial charge in [0.1, 0.15) is 5.82 Å². The maximum atomic E-state index is 5.08. The number of hydrogen-bond donors (Lipinski definition) is 2. The van der Waals surface area contributed by atoms with Crippen LogP contribution in [0.4, 0.5) is 5.82 Å². The Morgan fingerprint density at radius 3 is 2.67 bits per heavy atom. The van der Waals surface area contributed by atoms with Crippen LogP contribution in [0.25, 0.3) is 0 Å². The van der Waals surface area contributed by atoms with Crippen LogP contribution in [0.15, 0.2) is 23.3 Å². The highest BCUT2D eigenvalue weighted by molar-refractivity contribution is 14.0. The lowest BCUT2D eigenvalue weighted by atomic mass is 10.2. The summed E-state index contributed by atoms with van der Waals surface area (Å²) in [5.74, 6) is 1.91. The minimum atomic E-state index is 0. The molecule has 27 heavy (non-hydrogen) atoms. The second-order valence-corrected chi connectivity index (χ2v) is 6.41. The molecule has 2 rings (SSSR count). The van der Waals surface area contributed by atoms with Crippen LogP contribution in [0.5, 0.6) is 0 Å². The Bertz CT molecular complexity index is 549. The number of aliphatic imine (C=N–C) groups is 1. The monoisotopic (exact) mass is 490 g/mol. The van der Waals surface area contributed by atoms with E-state index in [1.165, 1.54) is 5.56 Å². The third kappa shape index (κ3) is 8.61. The zero-order valence-electron chi connectivity index (χ0n) is 16.9. The van der Waals surface area contributed by atoms with Gasteiger partial charge in [-0.1, -0.05) is 6.92 Å². The number of nitrogens with zero attached hydrogens (tertiary/aromatic N) is 4. The predicted octanol–water partition coefficient (Wildman–Crippen LogP) is 1.93. The quantitative estimate of drug-likeness (QED) is 0.239. The third-order valence-electron chi connectivity index (χ3n) is 4.54. The van der Waals surface area contributed by atoms with Crippen molar-refractivity contribution in [3.05, 3.63) is 23.9 Å². The molecular weight excluding hydrogens is 455 g/mol. The van der Waals surface area contributed by atoms with Gasteiger partial charge < -0.3 is 25.2 Å². The average molecular weight is 490 g/mol. The molecule has 1 saturated heterocycles. The van der Waals surface area contributed by atoms with Crippen molar-refractivity contribution >= 4 is 35.8 Å². The third-order valence-corrected chi connectivity index (χ3v) is 4.54. The van der Waals surface area contributed by atoms with E-state index in [2.05, 4.69) is 45.3 Å². The van der Waals surface area contributed by atoms with Crippen molar-refractivity contribution in [1.29, 1.82) is 0 Å². The first-order valence-electron chi connectivity index (χ1n) is 9.70. The van der Waals surface area contributed by atoms with Crippen LogP contribution >= 0.6 is 24.0 Å². The van der Waals surface area contributed by atoms with E-state index in [0.29, 0.717) is 6.54 Å². The van der Waals surface area contributed by atoms with E-state index < -0.39 is 0 Å². The molecule has 0 saturated carbocycles. The fraction of sp³-hybridized carbons (Fsp3) is 0.684. The van der Waals surface area contributed by atoms with Gasteiger partial charge in [-0.3, -0.25) is 0 Å². The van der Waals surface area contributed by atoms with Gasteiger partial charge in [-0.2, -0.15) is 0 Å². The molecule has 0 radical (unpaired) electrons. The number of halogens is 1. The van der Waals surface area contributed by atoms with E-state index in [9.17, 15) is 0 Å². The standard InChI is InChI=1S/C19H34N6O.HI/c1-4-20-19(22-8-6-14-26-3)23-16-17-7-9-21-18(15-17)25-12-10-24(5-2)11-13-25;/h7,9,15H,4-6,8,10-14,16H2,1-3H3,(H2,20,22,23);1H. The summed E-state index contributed by atoms with van der Waals surface area (Å²) in [5.41, 5.74) is 1.18. The molecule has 1 aliphatic heterocycles. The summed E-state index contributed by atoms with van der Waals surface area (Å²) in [5, 5.41) is 6.63. The molecule has 1 aromatic rings. The molecule has 0 unspecified atom stereocenters. The van der Waals surface area contributed by atoms with Crippen molar-refractivity contribution < 1.29 is 4.74 Å². The Kier molecular flexibility index (Phi) is 12.4. The molecular formula is C19H35IN6O. The molecule has 2 N–H and O–H groups in total. The zero-order chi connectivity index (χ0) is 18.6. The Morgan fingerprint density at radius 2 is 2.00 bits per heavy atom. The van der Waals surface area contributed by atoms with E-state index in [4.69, 9.17) is 9.73 Å². The lowest BCUT2D eigenvalue weighted by Crippen LogP contribution is -2.46. The van der Waals surface area contributed by atoms with Crippen LogP contribution in [-0.4, -0.2) is 75.4 Å². The van der Waals surface area contributed by atoms with Crippen LogP contribution in [0, 0.1) is 0 Å². The molecule has 0 aliphatic carbocycles. The second-order valence-electron chi connectivity index (χ2n) is 6.41. The molecule has 0 amide bonds. The van der Waals surface area contributed by atoms with E-state index >= 15 is 0 Å². The molecule has 0 aromatic carbocycles. The van der Waals surface area contributed by atoms with Gasteiger partial charge in [0.2, 0.25) is 0 Å². The van der Waals surface area contributed by atoms with Crippen molar-refractivity contribution in [3.63, 3.8) is 0 Å². The minimum Gasteiger partial charge on any atom is -0.385 e. The van der Waals surface area contributed by atoms with Gasteiger partial charge in [-0.15, -0.1) is 24.0 Å². The molecule has 1 fully saturated rings. The van der Waals surface area contributed by atoms with Crippen LogP contribution in [0.1, 0.15) is 25.8 Å². The number of rotatable bonds is 9. The summed E-state index contributed by atoms with van der Waals surface area (Å²) in [6.07, 6.45) is 2.86. The summed E-state index contributed by atoms with van der Waals surface area (Å²) in [6, 6.07) is 4.21. The Balaban J connectivity index is 0.00000364. The number of guanidine groups is 1. The van der Waals surface area contributed by atoms with E-state index in [-0.39, 0.29) is 24.0 Å². The van der Waals surface area contributed by atoms with Crippen molar-refractivity contribution in [3.8, 4) is 0 Å². The first-order valence-corrected chi connectivity index (χ1v) is 9.70. The molecule has 154 valence electrons. The van der Waals surface area contributed by atoms with Crippen molar-refractivity contribution in [1.82, 2.24) is 20.5 Å². The molecule has 1 aromatic heterocycles. The fourth-order valence-corrected chi connectivity index (χ4v) is 2.96. The highest BCUT2D eigenvalue weighted by atomic mass is 127. The van der Waals surface area contributed by atoms with Crippen molar-refractivity contribution in [2.75, 3.05) is 64.4 Å². The average Bonchev–Trinajstić information content (AvgIpc) is 2.69. The predicted molar refractivity (Wildman–Crippen MR) is 123 cm³/mol. The normalized spacial score (nSPS) is 15.4. The summed E-state index contributed by atoms with van der Waals surface area (Å²) in [4.78, 5) is 14.1. The van der Waals surface area contributed by atoms with Gasteiger partial charge >= 0.3 is 0 Å². The maximum absolute atomic E-state index is 5.08. The number of likely N-dealkylation sites (N-methyl/N-ethyl adjacent to an activating group) is 1. The Hall–Kier alpha value is -1.13. The van der Waals surface area contributed by atoms with Crippen LogP contribution in [-0.2, 0) is 11.3 Å². The first kappa shape index (κ1) is 23.9. The molecule has 2 heterocycles. The van der Waals surface area contributed by atoms with E-state index in [0.717, 1.165) is 70.6 Å². The van der Waals surface area contributed by atoms with Gasteiger partial charge in [0.15, 0.2) is 5.96 Å². The van der Waals surface area contributed by atoms with E-state index in [1.54, 1.807) is 7.11 Å². The topological polar surface area (TPSA) is 65.0 Å². The Morgan fingerprint density at radius 1 is 1.22 bits per heavy atom. The number of hydrogen-bond acceptors (Lipinski definition) is 5. The van der Waals surface area contributed by atoms with Crippen molar-refractivity contribution in [2.24, 2.45) is 4.99 Å². The number of piperazine rings is 1. The summed E-state index contributed by atoms with van der Waals surface area (Å²) in [6.45, 7) is 12.8. The molecule has 0 spiro atoms. The highest BCUT2D eigenvalue weighted by Gasteiger charge is 2.16. The lowest BCUT2D eigenvalue weighted by molar-refractivity contribution is 0.195. The van der Waals surface area contributed by atoms with Crippen LogP contribution in [0.3, 0.4) is 0 Å². The van der Waals surface area contributed by atoms with Crippen molar-refractivity contribution in [2.45, 2.75) is 26.8 Å². The van der Waals surface area contributed by atoms with Gasteiger partial charge in [-0.25, -0.2) is 9.98 Å². The molecule has 8 heteroatoms.